The Hall–Kier alpha value is -3.37. The second kappa shape index (κ2) is 12.0. The molecule has 0 saturated heterocycles. The van der Waals surface area contributed by atoms with Crippen molar-refractivity contribution in [2.45, 2.75) is 18.8 Å². The van der Waals surface area contributed by atoms with E-state index in [1.807, 2.05) is 0 Å². The molecule has 0 spiro atoms. The molecule has 0 saturated carbocycles. The van der Waals surface area contributed by atoms with Crippen molar-refractivity contribution in [2.75, 3.05) is 0 Å². The zero-order valence-corrected chi connectivity index (χ0v) is 22.2. The molecular weight excluding hydrogens is 632 g/mol. The fourth-order valence-corrected chi connectivity index (χ4v) is 3.66. The average Bonchev–Trinajstić information content (AvgIpc) is 3.29. The van der Waals surface area contributed by atoms with Gasteiger partial charge < -0.3 is 0 Å². The Balaban J connectivity index is 0.000000232. The molecule has 2 aromatic carbocycles. The second-order valence-corrected chi connectivity index (χ2v) is 9.34. The molecule has 2 heterocycles. The summed E-state index contributed by atoms with van der Waals surface area (Å²) in [7, 11) is 0. The summed E-state index contributed by atoms with van der Waals surface area (Å²) in [4.78, 5) is 26.0. The Morgan fingerprint density at radius 1 is 0.875 bits per heavy atom. The fraction of sp³-hybridized carbons (Fsp3) is 0.125. The van der Waals surface area contributed by atoms with Gasteiger partial charge in [0.25, 0.3) is 0 Å². The van der Waals surface area contributed by atoms with Crippen molar-refractivity contribution < 1.29 is 35.9 Å². The second-order valence-electron chi connectivity index (χ2n) is 7.71. The molecule has 4 rings (SSSR count). The summed E-state index contributed by atoms with van der Waals surface area (Å²) in [6.45, 7) is 0. The average molecular weight is 642 g/mol. The van der Waals surface area contributed by atoms with Crippen molar-refractivity contribution in [2.24, 2.45) is 0 Å². The minimum Gasteiger partial charge on any atom is -0.294 e. The summed E-state index contributed by atoms with van der Waals surface area (Å²) in [6.07, 6.45) is -9.87. The molecule has 0 aliphatic heterocycles. The van der Waals surface area contributed by atoms with E-state index < -0.39 is 36.0 Å². The molecule has 4 aromatic rings. The van der Waals surface area contributed by atoms with Gasteiger partial charge >= 0.3 is 12.4 Å². The first-order chi connectivity index (χ1) is 18.5. The Bertz CT molecular complexity index is 1660. The zero-order chi connectivity index (χ0) is 30.0. The number of hydrogen-bond acceptors (Lipinski definition) is 5. The number of benzene rings is 2. The monoisotopic (exact) mass is 640 g/mol. The minimum absolute atomic E-state index is 0.0143. The Morgan fingerprint density at radius 2 is 1.48 bits per heavy atom. The molecule has 2 aromatic heterocycles. The van der Waals surface area contributed by atoms with Gasteiger partial charge in [0.15, 0.2) is 17.1 Å². The minimum atomic E-state index is -5.01. The smallest absolute Gasteiger partial charge is 0.294 e. The highest BCUT2D eigenvalue weighted by Crippen LogP contribution is 2.34. The third-order valence-electron chi connectivity index (χ3n) is 4.98. The Labute approximate surface area is 240 Å². The predicted octanol–water partition coefficient (Wildman–Crippen LogP) is 8.29. The normalized spacial score (nSPS) is 11.5. The number of halogens is 10. The highest BCUT2D eigenvalue weighted by molar-refractivity contribution is 6.42. The summed E-state index contributed by atoms with van der Waals surface area (Å²) < 4.78 is 76.1. The van der Waals surface area contributed by atoms with Gasteiger partial charge in [-0.2, -0.15) is 36.7 Å². The molecule has 16 heteroatoms. The van der Waals surface area contributed by atoms with Gasteiger partial charge in [-0.05, 0) is 36.4 Å². The lowest BCUT2D eigenvalue weighted by molar-refractivity contribution is -0.170. The molecule has 0 unspecified atom stereocenters. The van der Waals surface area contributed by atoms with E-state index in [1.165, 1.54) is 30.3 Å². The first-order valence-electron chi connectivity index (χ1n) is 10.4. The topological polar surface area (TPSA) is 88.1 Å². The summed E-state index contributed by atoms with van der Waals surface area (Å²) >= 11 is 22.9. The van der Waals surface area contributed by atoms with Crippen LogP contribution in [0.4, 0.5) is 26.3 Å². The lowest BCUT2D eigenvalue weighted by Gasteiger charge is -2.11. The van der Waals surface area contributed by atoms with Crippen LogP contribution in [0.5, 0.6) is 0 Å². The standard InChI is InChI=1S/C14H5Cl2F3N4.C10H5Cl2F3O2/c15-9-2-1-7(3-10(9)16)11-4-12(14(17,18)19)23-13(22-11)8(5-20)6-21-23;11-6-2-1-5(3-7(6)12)8(16)4-9(17)10(13,14)15/h1-4,6H;1-3H,4H2. The van der Waals surface area contributed by atoms with Crippen LogP contribution in [0.1, 0.15) is 28.0 Å². The number of nitrogens with zero attached hydrogens (tertiary/aromatic N) is 4. The lowest BCUT2D eigenvalue weighted by atomic mass is 10.1. The number of carbonyl (C=O) groups is 2. The Morgan fingerprint density at radius 3 is 2.00 bits per heavy atom. The van der Waals surface area contributed by atoms with Gasteiger partial charge in [-0.15, -0.1) is 0 Å². The van der Waals surface area contributed by atoms with Crippen molar-refractivity contribution in [1.29, 1.82) is 5.26 Å². The first kappa shape index (κ1) is 31.2. The number of fused-ring (bicyclic) bond motifs is 1. The highest BCUT2D eigenvalue weighted by Gasteiger charge is 2.39. The number of hydrogen-bond donors (Lipinski definition) is 0. The van der Waals surface area contributed by atoms with E-state index in [0.29, 0.717) is 10.1 Å². The summed E-state index contributed by atoms with van der Waals surface area (Å²) in [5.74, 6) is -3.04. The molecule has 0 amide bonds. The van der Waals surface area contributed by atoms with Crippen LogP contribution in [-0.4, -0.2) is 32.3 Å². The number of nitriles is 1. The van der Waals surface area contributed by atoms with Gasteiger partial charge in [-0.3, -0.25) is 9.59 Å². The number of rotatable bonds is 4. The predicted molar refractivity (Wildman–Crippen MR) is 135 cm³/mol. The highest BCUT2D eigenvalue weighted by atomic mass is 35.5. The summed E-state index contributed by atoms with van der Waals surface area (Å²) in [6, 6.07) is 10.6. The largest absolute Gasteiger partial charge is 0.450 e. The number of alkyl halides is 6. The van der Waals surface area contributed by atoms with Gasteiger partial charge in [0.2, 0.25) is 5.78 Å². The van der Waals surface area contributed by atoms with Crippen LogP contribution in [0.25, 0.3) is 16.9 Å². The van der Waals surface area contributed by atoms with Crippen LogP contribution in [0.2, 0.25) is 20.1 Å². The maximum absolute atomic E-state index is 13.3. The van der Waals surface area contributed by atoms with E-state index in [2.05, 4.69) is 10.1 Å². The molecule has 0 bridgehead atoms. The van der Waals surface area contributed by atoms with E-state index in [1.54, 1.807) is 6.07 Å². The molecule has 6 nitrogen and oxygen atoms in total. The number of aromatic nitrogens is 3. The lowest BCUT2D eigenvalue weighted by Crippen LogP contribution is -2.25. The molecular formula is C24H10Cl4F6N4O2. The maximum Gasteiger partial charge on any atom is 0.450 e. The maximum atomic E-state index is 13.3. The van der Waals surface area contributed by atoms with Crippen LogP contribution in [0, 0.1) is 11.3 Å². The van der Waals surface area contributed by atoms with E-state index in [-0.39, 0.29) is 42.6 Å². The van der Waals surface area contributed by atoms with Crippen molar-refractivity contribution in [3.05, 3.63) is 85.6 Å². The molecule has 0 radical (unpaired) electrons. The fourth-order valence-electron chi connectivity index (χ4n) is 3.06. The third kappa shape index (κ3) is 7.22. The van der Waals surface area contributed by atoms with E-state index in [9.17, 15) is 35.9 Å². The van der Waals surface area contributed by atoms with Gasteiger partial charge in [0.05, 0.1) is 38.4 Å². The van der Waals surface area contributed by atoms with Crippen molar-refractivity contribution in [3.8, 4) is 17.3 Å². The Kier molecular flexibility index (Phi) is 9.36. The van der Waals surface area contributed by atoms with Crippen molar-refractivity contribution >= 4 is 63.6 Å². The van der Waals surface area contributed by atoms with E-state index in [0.717, 1.165) is 18.3 Å². The number of ketones is 2. The summed E-state index contributed by atoms with van der Waals surface area (Å²) in [5.41, 5.74) is -0.999. The van der Waals surface area contributed by atoms with Gasteiger partial charge in [0, 0.05) is 11.1 Å². The summed E-state index contributed by atoms with van der Waals surface area (Å²) in [5, 5.41) is 13.3. The van der Waals surface area contributed by atoms with Crippen LogP contribution >= 0.6 is 46.4 Å². The van der Waals surface area contributed by atoms with Crippen molar-refractivity contribution in [3.63, 3.8) is 0 Å². The van der Waals surface area contributed by atoms with Crippen LogP contribution < -0.4 is 0 Å². The molecule has 0 N–H and O–H groups in total. The van der Waals surface area contributed by atoms with Gasteiger partial charge in [0.1, 0.15) is 11.6 Å². The molecule has 0 atom stereocenters. The zero-order valence-electron chi connectivity index (χ0n) is 19.2. The number of Topliss-reactive ketones (excluding diaryl/α,β-unsaturated/α-hetero) is 2. The third-order valence-corrected chi connectivity index (χ3v) is 6.45. The van der Waals surface area contributed by atoms with Crippen LogP contribution in [-0.2, 0) is 11.0 Å². The number of carbonyl (C=O) groups excluding carboxylic acids is 2. The molecule has 0 aliphatic rings. The quantitative estimate of drug-likeness (QED) is 0.127. The SMILES string of the molecule is N#Cc1cnn2c(C(F)(F)F)cc(-c3ccc(Cl)c(Cl)c3)nc12.O=C(CC(=O)C(F)(F)F)c1ccc(Cl)c(Cl)c1. The van der Waals surface area contributed by atoms with Gasteiger partial charge in [-0.25, -0.2) is 9.50 Å². The molecule has 40 heavy (non-hydrogen) atoms. The van der Waals surface area contributed by atoms with Crippen LogP contribution in [0.15, 0.2) is 48.7 Å². The molecule has 0 aliphatic carbocycles. The van der Waals surface area contributed by atoms with Gasteiger partial charge in [-0.1, -0.05) is 52.5 Å². The molecule has 208 valence electrons. The molecule has 0 fully saturated rings. The first-order valence-corrected chi connectivity index (χ1v) is 11.9. The van der Waals surface area contributed by atoms with E-state index in [4.69, 9.17) is 51.7 Å². The van der Waals surface area contributed by atoms with Crippen molar-refractivity contribution in [1.82, 2.24) is 14.6 Å². The van der Waals surface area contributed by atoms with E-state index >= 15 is 0 Å². The van der Waals surface area contributed by atoms with Crippen LogP contribution in [0.3, 0.4) is 0 Å².